The van der Waals surface area contributed by atoms with E-state index in [9.17, 15) is 14.4 Å². The predicted molar refractivity (Wildman–Crippen MR) is 72.3 cm³/mol. The second kappa shape index (κ2) is 6.25. The van der Waals surface area contributed by atoms with Crippen molar-refractivity contribution in [3.05, 3.63) is 29.8 Å². The minimum atomic E-state index is -0.654. The van der Waals surface area contributed by atoms with Crippen molar-refractivity contribution < 1.29 is 23.9 Å². The maximum Gasteiger partial charge on any atom is 0.311 e. The number of carbonyl (C=O) groups is 3. The van der Waals surface area contributed by atoms with Crippen LogP contribution in [0.3, 0.4) is 0 Å². The Bertz CT molecular complexity index is 572. The zero-order chi connectivity index (χ0) is 15.4. The van der Waals surface area contributed by atoms with Crippen LogP contribution in [0.4, 0.5) is 0 Å². The van der Waals surface area contributed by atoms with Crippen LogP contribution in [0.1, 0.15) is 16.8 Å². The van der Waals surface area contributed by atoms with E-state index in [4.69, 9.17) is 4.74 Å². The molecule has 1 atom stereocenters. The summed E-state index contributed by atoms with van der Waals surface area (Å²) in [7, 11) is 2.75. The maximum atomic E-state index is 12.4. The molecule has 1 aliphatic rings. The Morgan fingerprint density at radius 1 is 1.33 bits per heavy atom. The zero-order valence-electron chi connectivity index (χ0n) is 11.8. The predicted octanol–water partition coefficient (Wildman–Crippen LogP) is 0.361. The lowest BCUT2D eigenvalue weighted by molar-refractivity contribution is -0.151. The Hall–Kier alpha value is -2.57. The third-order valence-corrected chi connectivity index (χ3v) is 3.19. The van der Waals surface area contributed by atoms with Crippen LogP contribution in [0.5, 0.6) is 5.75 Å². The number of esters is 1. The number of methoxy groups -OCH3 is 2. The topological polar surface area (TPSA) is 84.9 Å². The summed E-state index contributed by atoms with van der Waals surface area (Å²) in [6, 6.07) is 6.56. The lowest BCUT2D eigenvalue weighted by atomic mass is 10.0. The molecule has 1 N–H and O–H groups in total. The van der Waals surface area contributed by atoms with Crippen LogP contribution >= 0.6 is 0 Å². The van der Waals surface area contributed by atoms with E-state index in [0.717, 1.165) is 5.01 Å². The van der Waals surface area contributed by atoms with Crippen molar-refractivity contribution in [3.63, 3.8) is 0 Å². The highest BCUT2D eigenvalue weighted by Crippen LogP contribution is 2.18. The van der Waals surface area contributed by atoms with Crippen LogP contribution in [0, 0.1) is 5.92 Å². The van der Waals surface area contributed by atoms with Crippen molar-refractivity contribution in [1.29, 1.82) is 0 Å². The summed E-state index contributed by atoms with van der Waals surface area (Å²) >= 11 is 0. The van der Waals surface area contributed by atoms with Crippen LogP contribution in [0.15, 0.2) is 24.3 Å². The van der Waals surface area contributed by atoms with Gasteiger partial charge in [-0.2, -0.15) is 0 Å². The van der Waals surface area contributed by atoms with E-state index in [-0.39, 0.29) is 13.0 Å². The number of hydrogen-bond donors (Lipinski definition) is 1. The molecule has 0 spiro atoms. The van der Waals surface area contributed by atoms with Crippen LogP contribution in [0.25, 0.3) is 0 Å². The number of amides is 2. The van der Waals surface area contributed by atoms with E-state index in [1.807, 2.05) is 0 Å². The van der Waals surface area contributed by atoms with Crippen molar-refractivity contribution in [2.45, 2.75) is 6.42 Å². The average Bonchev–Trinajstić information content (AvgIpc) is 2.52. The molecule has 1 fully saturated rings. The number of rotatable bonds is 3. The number of nitrogens with zero attached hydrogens (tertiary/aromatic N) is 1. The molecule has 0 bridgehead atoms. The molecule has 2 amide bonds. The fraction of sp³-hybridized carbons (Fsp3) is 0.357. The molecule has 1 aromatic carbocycles. The highest BCUT2D eigenvalue weighted by atomic mass is 16.5. The first-order valence-electron chi connectivity index (χ1n) is 6.38. The molecule has 1 unspecified atom stereocenters. The molecule has 112 valence electrons. The van der Waals surface area contributed by atoms with Gasteiger partial charge in [-0.15, -0.1) is 0 Å². The average molecular weight is 292 g/mol. The largest absolute Gasteiger partial charge is 0.497 e. The third-order valence-electron chi connectivity index (χ3n) is 3.19. The molecule has 0 aromatic heterocycles. The number of hydrogen-bond acceptors (Lipinski definition) is 5. The third kappa shape index (κ3) is 3.31. The van der Waals surface area contributed by atoms with E-state index in [1.165, 1.54) is 14.2 Å². The smallest absolute Gasteiger partial charge is 0.311 e. The standard InChI is InChI=1S/C14H16N2O5/c1-20-11-5-3-4-9(6-11)13(18)16-8-10(14(19)21-2)7-12(17)15-16/h3-6,10H,7-8H2,1-2H3,(H,15,17). The molecule has 0 radical (unpaired) electrons. The summed E-state index contributed by atoms with van der Waals surface area (Å²) < 4.78 is 9.69. The van der Waals surface area contributed by atoms with Crippen molar-refractivity contribution in [3.8, 4) is 5.75 Å². The number of hydrazine groups is 1. The van der Waals surface area contributed by atoms with Gasteiger partial charge in [-0.25, -0.2) is 5.01 Å². The summed E-state index contributed by atoms with van der Waals surface area (Å²) in [5.41, 5.74) is 2.82. The Morgan fingerprint density at radius 2 is 2.10 bits per heavy atom. The van der Waals surface area contributed by atoms with Gasteiger partial charge >= 0.3 is 5.97 Å². The van der Waals surface area contributed by atoms with Gasteiger partial charge in [-0.3, -0.25) is 19.8 Å². The van der Waals surface area contributed by atoms with Gasteiger partial charge in [0.2, 0.25) is 5.91 Å². The molecule has 1 aliphatic heterocycles. The first-order valence-corrected chi connectivity index (χ1v) is 6.38. The van der Waals surface area contributed by atoms with E-state index in [1.54, 1.807) is 24.3 Å². The molecular weight excluding hydrogens is 276 g/mol. The van der Waals surface area contributed by atoms with Gasteiger partial charge in [-0.1, -0.05) is 6.07 Å². The first kappa shape index (κ1) is 14.8. The van der Waals surface area contributed by atoms with E-state index >= 15 is 0 Å². The Morgan fingerprint density at radius 3 is 2.76 bits per heavy atom. The Balaban J connectivity index is 2.17. The van der Waals surface area contributed by atoms with E-state index in [0.29, 0.717) is 11.3 Å². The molecule has 1 heterocycles. The monoisotopic (exact) mass is 292 g/mol. The fourth-order valence-corrected chi connectivity index (χ4v) is 2.12. The second-order valence-corrected chi connectivity index (χ2v) is 4.61. The van der Waals surface area contributed by atoms with Gasteiger partial charge in [0.05, 0.1) is 26.7 Å². The molecule has 1 saturated heterocycles. The van der Waals surface area contributed by atoms with Gasteiger partial charge in [0, 0.05) is 12.0 Å². The van der Waals surface area contributed by atoms with E-state index in [2.05, 4.69) is 10.2 Å². The Labute approximate surface area is 121 Å². The summed E-state index contributed by atoms with van der Waals surface area (Å²) in [5.74, 6) is -1.43. The van der Waals surface area contributed by atoms with Crippen LogP contribution in [0.2, 0.25) is 0 Å². The number of nitrogens with one attached hydrogen (secondary N) is 1. The minimum Gasteiger partial charge on any atom is -0.497 e. The number of benzene rings is 1. The highest BCUT2D eigenvalue weighted by molar-refractivity contribution is 5.97. The van der Waals surface area contributed by atoms with Gasteiger partial charge in [-0.05, 0) is 18.2 Å². The van der Waals surface area contributed by atoms with Crippen LogP contribution < -0.4 is 10.2 Å². The van der Waals surface area contributed by atoms with Gasteiger partial charge < -0.3 is 9.47 Å². The van der Waals surface area contributed by atoms with Crippen LogP contribution in [-0.4, -0.2) is 43.6 Å². The number of ether oxygens (including phenoxy) is 2. The molecule has 21 heavy (non-hydrogen) atoms. The first-order chi connectivity index (χ1) is 10.0. The second-order valence-electron chi connectivity index (χ2n) is 4.61. The molecule has 2 rings (SSSR count). The van der Waals surface area contributed by atoms with Crippen molar-refractivity contribution in [2.75, 3.05) is 20.8 Å². The summed E-state index contributed by atoms with van der Waals surface area (Å²) in [4.78, 5) is 35.6. The Kier molecular flexibility index (Phi) is 4.42. The SMILES string of the molecule is COC(=O)C1CC(=O)NN(C(=O)c2cccc(OC)c2)C1. The minimum absolute atomic E-state index is 0.00850. The zero-order valence-corrected chi connectivity index (χ0v) is 11.8. The molecule has 7 nitrogen and oxygen atoms in total. The van der Waals surface area contributed by atoms with Gasteiger partial charge in [0.15, 0.2) is 0 Å². The maximum absolute atomic E-state index is 12.4. The summed E-state index contributed by atoms with van der Waals surface area (Å²) in [6.45, 7) is 0.0778. The summed E-state index contributed by atoms with van der Waals surface area (Å²) in [5, 5.41) is 1.13. The number of carbonyl (C=O) groups excluding carboxylic acids is 3. The molecular formula is C14H16N2O5. The van der Waals surface area contributed by atoms with Gasteiger partial charge in [0.25, 0.3) is 5.91 Å². The lowest BCUT2D eigenvalue weighted by Crippen LogP contribution is -2.54. The molecule has 7 heteroatoms. The quantitative estimate of drug-likeness (QED) is 0.813. The fourth-order valence-electron chi connectivity index (χ4n) is 2.12. The van der Waals surface area contributed by atoms with Crippen molar-refractivity contribution in [2.24, 2.45) is 5.92 Å². The van der Waals surface area contributed by atoms with Crippen molar-refractivity contribution >= 4 is 17.8 Å². The lowest BCUT2D eigenvalue weighted by Gasteiger charge is -2.31. The van der Waals surface area contributed by atoms with E-state index < -0.39 is 23.7 Å². The molecule has 1 aromatic rings. The summed E-state index contributed by atoms with van der Waals surface area (Å²) in [6.07, 6.45) is 0.00850. The highest BCUT2D eigenvalue weighted by Gasteiger charge is 2.33. The molecule has 0 saturated carbocycles. The van der Waals surface area contributed by atoms with Gasteiger partial charge in [0.1, 0.15) is 5.75 Å². The normalized spacial score (nSPS) is 17.9. The van der Waals surface area contributed by atoms with Crippen LogP contribution in [-0.2, 0) is 14.3 Å². The molecule has 0 aliphatic carbocycles. The van der Waals surface area contributed by atoms with Crippen molar-refractivity contribution in [1.82, 2.24) is 10.4 Å².